The quantitative estimate of drug-likeness (QED) is 0.666. The van der Waals surface area contributed by atoms with E-state index >= 15 is 0 Å². The Bertz CT molecular complexity index is 886. The van der Waals surface area contributed by atoms with Gasteiger partial charge < -0.3 is 15.7 Å². The molecule has 0 amide bonds. The van der Waals surface area contributed by atoms with Gasteiger partial charge in [-0.25, -0.2) is 9.67 Å². The summed E-state index contributed by atoms with van der Waals surface area (Å²) in [5.74, 6) is 1.54. The lowest BCUT2D eigenvalue weighted by Crippen LogP contribution is -2.04. The summed E-state index contributed by atoms with van der Waals surface area (Å²) in [6.45, 7) is 9.37. The normalized spacial score (nSPS) is 11.0. The fourth-order valence-corrected chi connectivity index (χ4v) is 2.66. The molecule has 7 heteroatoms. The first-order chi connectivity index (χ1) is 11.5. The number of aromatic hydroxyl groups is 1. The number of phenols is 1. The van der Waals surface area contributed by atoms with Crippen LogP contribution in [0.15, 0.2) is 18.3 Å². The summed E-state index contributed by atoms with van der Waals surface area (Å²) in [5, 5.41) is 21.9. The van der Waals surface area contributed by atoms with Crippen LogP contribution in [0.25, 0.3) is 11.0 Å². The maximum atomic E-state index is 9.96. The molecule has 0 bridgehead atoms. The van der Waals surface area contributed by atoms with E-state index in [1.807, 2.05) is 38.4 Å². The molecule has 0 unspecified atom stereocenters. The minimum atomic E-state index is 0.257. The van der Waals surface area contributed by atoms with E-state index in [1.54, 1.807) is 12.3 Å². The summed E-state index contributed by atoms with van der Waals surface area (Å²) in [5.41, 5.74) is 3.46. The van der Waals surface area contributed by atoms with E-state index in [-0.39, 0.29) is 5.75 Å². The molecule has 1 aromatic carbocycles. The number of anilines is 3. The molecule has 0 saturated heterocycles. The molecule has 7 nitrogen and oxygen atoms in total. The largest absolute Gasteiger partial charge is 0.508 e. The first-order valence-corrected chi connectivity index (χ1v) is 8.08. The Kier molecular flexibility index (Phi) is 4.24. The van der Waals surface area contributed by atoms with E-state index in [0.717, 1.165) is 34.4 Å². The Balaban J connectivity index is 2.09. The molecule has 0 saturated carbocycles. The lowest BCUT2D eigenvalue weighted by atomic mass is 10.1. The number of rotatable bonds is 5. The van der Waals surface area contributed by atoms with E-state index in [2.05, 4.69) is 25.7 Å². The molecular formula is C17H22N6O. The van der Waals surface area contributed by atoms with Gasteiger partial charge in [0.05, 0.1) is 5.39 Å². The van der Waals surface area contributed by atoms with Crippen LogP contribution in [0.1, 0.15) is 25.0 Å². The summed E-state index contributed by atoms with van der Waals surface area (Å²) < 4.78 is 1.84. The van der Waals surface area contributed by atoms with E-state index in [9.17, 15) is 5.11 Å². The lowest BCUT2D eigenvalue weighted by Gasteiger charge is -2.12. The molecule has 2 aromatic heterocycles. The second-order valence-electron chi connectivity index (χ2n) is 5.65. The van der Waals surface area contributed by atoms with E-state index < -0.39 is 0 Å². The van der Waals surface area contributed by atoms with Gasteiger partial charge in [-0.15, -0.1) is 0 Å². The van der Waals surface area contributed by atoms with E-state index in [4.69, 9.17) is 0 Å². The number of fused-ring (bicyclic) bond motifs is 1. The Labute approximate surface area is 140 Å². The van der Waals surface area contributed by atoms with Crippen LogP contribution in [0.4, 0.5) is 17.5 Å². The Morgan fingerprint density at radius 1 is 1.21 bits per heavy atom. The van der Waals surface area contributed by atoms with Crippen molar-refractivity contribution >= 4 is 28.5 Å². The standard InChI is InChI=1S/C17H22N6O/c1-5-18-17-19-9-12-15(22-23(6-2)16(12)21-17)20-14-10(3)7-8-13(24)11(14)4/h7-9,24H,5-6H2,1-4H3,(H,20,22)(H,18,19,21). The summed E-state index contributed by atoms with van der Waals surface area (Å²) in [7, 11) is 0. The monoisotopic (exact) mass is 326 g/mol. The molecule has 0 aliphatic rings. The summed E-state index contributed by atoms with van der Waals surface area (Å²) in [4.78, 5) is 8.89. The molecule has 0 spiro atoms. The number of aromatic nitrogens is 4. The van der Waals surface area contributed by atoms with Gasteiger partial charge in [0.15, 0.2) is 11.5 Å². The number of nitrogens with zero attached hydrogens (tertiary/aromatic N) is 4. The van der Waals surface area contributed by atoms with Gasteiger partial charge in [0.2, 0.25) is 5.95 Å². The lowest BCUT2D eigenvalue weighted by molar-refractivity contribution is 0.471. The average Bonchev–Trinajstić information content (AvgIpc) is 2.92. The van der Waals surface area contributed by atoms with Crippen LogP contribution in [-0.4, -0.2) is 31.4 Å². The third kappa shape index (κ3) is 2.73. The highest BCUT2D eigenvalue weighted by Crippen LogP contribution is 2.32. The minimum Gasteiger partial charge on any atom is -0.508 e. The van der Waals surface area contributed by atoms with Crippen molar-refractivity contribution in [2.45, 2.75) is 34.2 Å². The van der Waals surface area contributed by atoms with Crippen molar-refractivity contribution in [2.75, 3.05) is 17.2 Å². The van der Waals surface area contributed by atoms with Gasteiger partial charge in [0, 0.05) is 30.5 Å². The third-order valence-electron chi connectivity index (χ3n) is 4.01. The van der Waals surface area contributed by atoms with Crippen LogP contribution in [0.2, 0.25) is 0 Å². The maximum Gasteiger partial charge on any atom is 0.224 e. The van der Waals surface area contributed by atoms with Crippen molar-refractivity contribution in [1.82, 2.24) is 19.7 Å². The average molecular weight is 326 g/mol. The molecule has 24 heavy (non-hydrogen) atoms. The Hall–Kier alpha value is -2.83. The number of hydrogen-bond acceptors (Lipinski definition) is 6. The fraction of sp³-hybridized carbons (Fsp3) is 0.353. The van der Waals surface area contributed by atoms with Crippen LogP contribution in [0.5, 0.6) is 5.75 Å². The zero-order valence-electron chi connectivity index (χ0n) is 14.4. The molecule has 2 heterocycles. The van der Waals surface area contributed by atoms with Gasteiger partial charge in [0.1, 0.15) is 5.75 Å². The summed E-state index contributed by atoms with van der Waals surface area (Å²) in [6.07, 6.45) is 1.77. The molecule has 0 atom stereocenters. The highest BCUT2D eigenvalue weighted by atomic mass is 16.3. The van der Waals surface area contributed by atoms with Crippen molar-refractivity contribution in [3.63, 3.8) is 0 Å². The highest BCUT2D eigenvalue weighted by Gasteiger charge is 2.15. The van der Waals surface area contributed by atoms with Crippen LogP contribution in [0.3, 0.4) is 0 Å². The number of hydrogen-bond donors (Lipinski definition) is 3. The van der Waals surface area contributed by atoms with Gasteiger partial charge in [-0.2, -0.15) is 10.1 Å². The Morgan fingerprint density at radius 3 is 2.71 bits per heavy atom. The third-order valence-corrected chi connectivity index (χ3v) is 4.01. The molecule has 0 aliphatic carbocycles. The van der Waals surface area contributed by atoms with Crippen molar-refractivity contribution in [3.05, 3.63) is 29.5 Å². The first kappa shape index (κ1) is 16.0. The smallest absolute Gasteiger partial charge is 0.224 e. The maximum absolute atomic E-state index is 9.96. The van der Waals surface area contributed by atoms with Crippen LogP contribution in [-0.2, 0) is 6.54 Å². The highest BCUT2D eigenvalue weighted by molar-refractivity contribution is 5.90. The van der Waals surface area contributed by atoms with E-state index in [0.29, 0.717) is 18.3 Å². The van der Waals surface area contributed by atoms with Crippen molar-refractivity contribution in [2.24, 2.45) is 0 Å². The van der Waals surface area contributed by atoms with Gasteiger partial charge in [-0.3, -0.25) is 0 Å². The molecule has 3 aromatic rings. The number of aryl methyl sites for hydroxylation is 2. The molecular weight excluding hydrogens is 304 g/mol. The Morgan fingerprint density at radius 2 is 2.00 bits per heavy atom. The van der Waals surface area contributed by atoms with Crippen LogP contribution in [0, 0.1) is 13.8 Å². The predicted octanol–water partition coefficient (Wildman–Crippen LogP) is 3.34. The number of phenolic OH excluding ortho intramolecular Hbond substituents is 1. The van der Waals surface area contributed by atoms with Gasteiger partial charge in [0.25, 0.3) is 0 Å². The first-order valence-electron chi connectivity index (χ1n) is 8.08. The molecule has 0 aliphatic heterocycles. The van der Waals surface area contributed by atoms with Crippen LogP contribution >= 0.6 is 0 Å². The number of benzene rings is 1. The second kappa shape index (κ2) is 6.35. The summed E-state index contributed by atoms with van der Waals surface area (Å²) in [6, 6.07) is 3.58. The number of nitrogens with one attached hydrogen (secondary N) is 2. The zero-order valence-corrected chi connectivity index (χ0v) is 14.4. The molecule has 0 fully saturated rings. The molecule has 0 radical (unpaired) electrons. The SMILES string of the molecule is CCNc1ncc2c(Nc3c(C)ccc(O)c3C)nn(CC)c2n1. The second-order valence-corrected chi connectivity index (χ2v) is 5.65. The molecule has 126 valence electrons. The van der Waals surface area contributed by atoms with Gasteiger partial charge >= 0.3 is 0 Å². The topological polar surface area (TPSA) is 87.9 Å². The fourth-order valence-electron chi connectivity index (χ4n) is 2.66. The predicted molar refractivity (Wildman–Crippen MR) is 96.0 cm³/mol. The van der Waals surface area contributed by atoms with Crippen LogP contribution < -0.4 is 10.6 Å². The van der Waals surface area contributed by atoms with Gasteiger partial charge in [-0.1, -0.05) is 6.07 Å². The van der Waals surface area contributed by atoms with Crippen molar-refractivity contribution < 1.29 is 5.11 Å². The van der Waals surface area contributed by atoms with Crippen molar-refractivity contribution in [1.29, 1.82) is 0 Å². The van der Waals surface area contributed by atoms with Crippen molar-refractivity contribution in [3.8, 4) is 5.75 Å². The van der Waals surface area contributed by atoms with E-state index in [1.165, 1.54) is 0 Å². The zero-order chi connectivity index (χ0) is 17.3. The molecule has 3 rings (SSSR count). The summed E-state index contributed by atoms with van der Waals surface area (Å²) >= 11 is 0. The molecule has 3 N–H and O–H groups in total. The van der Waals surface area contributed by atoms with Gasteiger partial charge in [-0.05, 0) is 39.3 Å². The minimum absolute atomic E-state index is 0.257.